The first kappa shape index (κ1) is 14.2. The van der Waals surface area contributed by atoms with Gasteiger partial charge in [0, 0.05) is 0 Å². The second-order valence-electron chi connectivity index (χ2n) is 5.09. The number of aryl methyl sites for hydroxylation is 1. The number of benzene rings is 2. The van der Waals surface area contributed by atoms with Gasteiger partial charge in [0.25, 0.3) is 0 Å². The first-order chi connectivity index (χ1) is 10.8. The van der Waals surface area contributed by atoms with Crippen LogP contribution in [-0.2, 0) is 19.6 Å². The monoisotopic (exact) mass is 290 g/mol. The highest BCUT2D eigenvalue weighted by atomic mass is 16.5. The molecule has 1 aromatic heterocycles. The van der Waals surface area contributed by atoms with Crippen molar-refractivity contribution in [2.45, 2.75) is 26.5 Å². The normalized spacial score (nSPS) is 10.5. The Morgan fingerprint density at radius 1 is 1.14 bits per heavy atom. The summed E-state index contributed by atoms with van der Waals surface area (Å²) in [5.41, 5.74) is 3.28. The average molecular weight is 290 g/mol. The van der Waals surface area contributed by atoms with Crippen LogP contribution in [-0.4, -0.2) is 9.55 Å². The summed E-state index contributed by atoms with van der Waals surface area (Å²) in [7, 11) is 0. The third kappa shape index (κ3) is 2.82. The summed E-state index contributed by atoms with van der Waals surface area (Å²) in [6.07, 6.45) is 6.51. The summed E-state index contributed by atoms with van der Waals surface area (Å²) >= 11 is 0. The lowest BCUT2D eigenvalue weighted by Gasteiger charge is -2.08. The number of nitrogens with zero attached hydrogens (tertiary/aromatic N) is 2. The Balaban J connectivity index is 1.83. The molecule has 3 nitrogen and oxygen atoms in total. The molecule has 110 valence electrons. The first-order valence-electron chi connectivity index (χ1n) is 7.41. The highest BCUT2D eigenvalue weighted by Crippen LogP contribution is 2.18. The molecule has 0 radical (unpaired) electrons. The van der Waals surface area contributed by atoms with Gasteiger partial charge >= 0.3 is 0 Å². The summed E-state index contributed by atoms with van der Waals surface area (Å²) in [5, 5.41) is 0. The largest absolute Gasteiger partial charge is 0.486 e. The molecular weight excluding hydrogens is 272 g/mol. The van der Waals surface area contributed by atoms with Crippen LogP contribution in [0.15, 0.2) is 48.5 Å². The van der Waals surface area contributed by atoms with Crippen LogP contribution in [0, 0.1) is 12.3 Å². The van der Waals surface area contributed by atoms with Crippen LogP contribution >= 0.6 is 0 Å². The number of terminal acetylenes is 1. The Labute approximate surface area is 130 Å². The molecule has 22 heavy (non-hydrogen) atoms. The van der Waals surface area contributed by atoms with E-state index in [1.165, 1.54) is 5.56 Å². The third-order valence-corrected chi connectivity index (χ3v) is 3.68. The number of aromatic nitrogens is 2. The van der Waals surface area contributed by atoms with Crippen LogP contribution in [0.4, 0.5) is 0 Å². The van der Waals surface area contributed by atoms with Gasteiger partial charge in [-0.25, -0.2) is 4.98 Å². The fraction of sp³-hybridized carbons (Fsp3) is 0.211. The predicted octanol–water partition coefficient (Wildman–Crippen LogP) is 3.81. The summed E-state index contributed by atoms with van der Waals surface area (Å²) in [4.78, 5) is 4.62. The molecule has 0 unspecified atom stereocenters. The lowest BCUT2D eigenvalue weighted by molar-refractivity contribution is 0.291. The van der Waals surface area contributed by atoms with Crippen molar-refractivity contribution in [1.82, 2.24) is 9.55 Å². The third-order valence-electron chi connectivity index (χ3n) is 3.68. The Kier molecular flexibility index (Phi) is 4.11. The van der Waals surface area contributed by atoms with E-state index < -0.39 is 0 Å². The van der Waals surface area contributed by atoms with Gasteiger partial charge in [0.05, 0.1) is 17.6 Å². The molecule has 3 heteroatoms. The van der Waals surface area contributed by atoms with Crippen LogP contribution in [0.25, 0.3) is 11.0 Å². The van der Waals surface area contributed by atoms with E-state index >= 15 is 0 Å². The zero-order valence-corrected chi connectivity index (χ0v) is 12.6. The van der Waals surface area contributed by atoms with E-state index in [4.69, 9.17) is 11.2 Å². The number of hydrogen-bond acceptors (Lipinski definition) is 2. The van der Waals surface area contributed by atoms with Crippen molar-refractivity contribution in [3.05, 3.63) is 59.9 Å². The fourth-order valence-corrected chi connectivity index (χ4v) is 2.47. The molecule has 0 fully saturated rings. The first-order valence-corrected chi connectivity index (χ1v) is 7.41. The maximum Gasteiger partial charge on any atom is 0.148 e. The van der Waals surface area contributed by atoms with Crippen LogP contribution < -0.4 is 4.74 Å². The second-order valence-corrected chi connectivity index (χ2v) is 5.09. The van der Waals surface area contributed by atoms with E-state index in [-0.39, 0.29) is 0 Å². The molecule has 1 heterocycles. The van der Waals surface area contributed by atoms with Gasteiger partial charge in [-0.15, -0.1) is 6.42 Å². The molecule has 0 spiro atoms. The molecular formula is C19H18N2O. The number of hydrogen-bond donors (Lipinski definition) is 0. The van der Waals surface area contributed by atoms with E-state index in [0.717, 1.165) is 29.0 Å². The van der Waals surface area contributed by atoms with Crippen molar-refractivity contribution in [3.63, 3.8) is 0 Å². The molecule has 0 aliphatic carbocycles. The lowest BCUT2D eigenvalue weighted by atomic mass is 10.2. The highest BCUT2D eigenvalue weighted by Gasteiger charge is 2.10. The van der Waals surface area contributed by atoms with E-state index in [9.17, 15) is 0 Å². The van der Waals surface area contributed by atoms with Crippen LogP contribution in [0.5, 0.6) is 5.75 Å². The summed E-state index contributed by atoms with van der Waals surface area (Å²) in [6.45, 7) is 3.04. The van der Waals surface area contributed by atoms with Gasteiger partial charge in [0.15, 0.2) is 0 Å². The van der Waals surface area contributed by atoms with Gasteiger partial charge in [-0.1, -0.05) is 37.1 Å². The summed E-state index contributed by atoms with van der Waals surface area (Å²) < 4.78 is 7.88. The Bertz CT molecular complexity index is 810. The quantitative estimate of drug-likeness (QED) is 0.668. The molecule has 0 N–H and O–H groups in total. The zero-order valence-electron chi connectivity index (χ0n) is 12.6. The van der Waals surface area contributed by atoms with Crippen LogP contribution in [0.3, 0.4) is 0 Å². The van der Waals surface area contributed by atoms with Gasteiger partial charge in [-0.05, 0) is 36.2 Å². The standard InChI is InChI=1S/C19H18N2O/c1-3-13-21-18-8-6-5-7-17(18)20-19(21)14-22-16-11-9-15(4-2)10-12-16/h1,5-12H,4,13-14H2,2H3. The van der Waals surface area contributed by atoms with Crippen molar-refractivity contribution >= 4 is 11.0 Å². The van der Waals surface area contributed by atoms with Crippen molar-refractivity contribution in [2.24, 2.45) is 0 Å². The smallest absolute Gasteiger partial charge is 0.148 e. The number of para-hydroxylation sites is 2. The van der Waals surface area contributed by atoms with Crippen LogP contribution in [0.2, 0.25) is 0 Å². The molecule has 3 rings (SSSR count). The number of fused-ring (bicyclic) bond motifs is 1. The summed E-state index contributed by atoms with van der Waals surface area (Å²) in [5.74, 6) is 4.37. The Morgan fingerprint density at radius 2 is 1.91 bits per heavy atom. The molecule has 0 saturated heterocycles. The predicted molar refractivity (Wildman–Crippen MR) is 88.7 cm³/mol. The average Bonchev–Trinajstić information content (AvgIpc) is 2.92. The Morgan fingerprint density at radius 3 is 2.64 bits per heavy atom. The van der Waals surface area contributed by atoms with Crippen molar-refractivity contribution in [2.75, 3.05) is 0 Å². The second kappa shape index (κ2) is 6.36. The summed E-state index contributed by atoms with van der Waals surface area (Å²) in [6, 6.07) is 16.1. The van der Waals surface area contributed by atoms with Crippen LogP contribution in [0.1, 0.15) is 18.3 Å². The van der Waals surface area contributed by atoms with Gasteiger partial charge in [-0.2, -0.15) is 0 Å². The molecule has 0 bridgehead atoms. The fourth-order valence-electron chi connectivity index (χ4n) is 2.47. The van der Waals surface area contributed by atoms with Gasteiger partial charge < -0.3 is 9.30 Å². The number of rotatable bonds is 5. The molecule has 0 atom stereocenters. The minimum absolute atomic E-state index is 0.405. The van der Waals surface area contributed by atoms with Crippen molar-refractivity contribution in [3.8, 4) is 18.1 Å². The van der Waals surface area contributed by atoms with Gasteiger partial charge in [-0.3, -0.25) is 0 Å². The molecule has 2 aromatic carbocycles. The molecule has 0 aliphatic rings. The number of imidazole rings is 1. The SMILES string of the molecule is C#CCn1c(COc2ccc(CC)cc2)nc2ccccc21. The minimum atomic E-state index is 0.405. The van der Waals surface area contributed by atoms with E-state index in [1.807, 2.05) is 41.0 Å². The van der Waals surface area contributed by atoms with E-state index in [1.54, 1.807) is 0 Å². The highest BCUT2D eigenvalue weighted by molar-refractivity contribution is 5.76. The zero-order chi connectivity index (χ0) is 15.4. The Hall–Kier alpha value is -2.73. The van der Waals surface area contributed by atoms with Gasteiger partial charge in [0.1, 0.15) is 18.2 Å². The molecule has 0 amide bonds. The molecule has 0 saturated carbocycles. The number of ether oxygens (including phenoxy) is 1. The topological polar surface area (TPSA) is 27.1 Å². The van der Waals surface area contributed by atoms with Crippen molar-refractivity contribution in [1.29, 1.82) is 0 Å². The molecule has 3 aromatic rings. The van der Waals surface area contributed by atoms with Gasteiger partial charge in [0.2, 0.25) is 0 Å². The molecule has 0 aliphatic heterocycles. The van der Waals surface area contributed by atoms with E-state index in [2.05, 4.69) is 30.0 Å². The van der Waals surface area contributed by atoms with Crippen molar-refractivity contribution < 1.29 is 4.74 Å². The van der Waals surface area contributed by atoms with E-state index in [0.29, 0.717) is 13.2 Å². The minimum Gasteiger partial charge on any atom is -0.486 e. The maximum atomic E-state index is 5.86. The maximum absolute atomic E-state index is 5.86. The lowest BCUT2D eigenvalue weighted by Crippen LogP contribution is -2.06.